The molecule has 0 spiro atoms. The smallest absolute Gasteiger partial charge is 0.325 e. The number of ketones is 1. The summed E-state index contributed by atoms with van der Waals surface area (Å²) in [4.78, 5) is 22.7. The normalized spacial score (nSPS) is 10.1. The molecule has 9 heteroatoms. The summed E-state index contributed by atoms with van der Waals surface area (Å²) in [5.74, 6) is 1.11. The lowest BCUT2D eigenvalue weighted by atomic mass is 10.3. The van der Waals surface area contributed by atoms with Gasteiger partial charge < -0.3 is 10.1 Å². The zero-order valence-electron chi connectivity index (χ0n) is 12.0. The maximum atomic E-state index is 11.8. The van der Waals surface area contributed by atoms with Crippen molar-refractivity contribution in [1.29, 1.82) is 0 Å². The van der Waals surface area contributed by atoms with Gasteiger partial charge in [0.05, 0.1) is 12.9 Å². The van der Waals surface area contributed by atoms with Gasteiger partial charge in [-0.05, 0) is 31.2 Å². The minimum Gasteiger partial charge on any atom is -0.497 e. The Morgan fingerprint density at radius 2 is 1.95 bits per heavy atom. The van der Waals surface area contributed by atoms with E-state index in [0.717, 1.165) is 0 Å². The Hall–Kier alpha value is -2.13. The highest BCUT2D eigenvalue weighted by atomic mass is 32.2. The van der Waals surface area contributed by atoms with Gasteiger partial charge in [0.15, 0.2) is 4.34 Å². The number of urea groups is 1. The van der Waals surface area contributed by atoms with E-state index in [1.807, 2.05) is 0 Å². The molecule has 0 saturated carbocycles. The molecule has 22 heavy (non-hydrogen) atoms. The number of ether oxygens (including phenoxy) is 1. The molecule has 2 aromatic rings. The largest absolute Gasteiger partial charge is 0.497 e. The molecule has 0 saturated heterocycles. The maximum Gasteiger partial charge on any atom is 0.325 e. The average molecular weight is 338 g/mol. The molecule has 2 amide bonds. The number of hydrogen-bond acceptors (Lipinski definition) is 7. The molecule has 0 aliphatic rings. The first-order valence-corrected chi connectivity index (χ1v) is 8.05. The molecule has 0 bridgehead atoms. The summed E-state index contributed by atoms with van der Waals surface area (Å²) in [6.07, 6.45) is 0. The summed E-state index contributed by atoms with van der Waals surface area (Å²) in [5.41, 5.74) is 0.633. The van der Waals surface area contributed by atoms with Crippen LogP contribution in [0.15, 0.2) is 28.6 Å². The molecule has 0 atom stereocenters. The monoisotopic (exact) mass is 338 g/mol. The number of nitrogens with one attached hydrogen (secondary N) is 2. The highest BCUT2D eigenvalue weighted by Gasteiger charge is 2.09. The predicted molar refractivity (Wildman–Crippen MR) is 86.9 cm³/mol. The molecule has 0 radical (unpaired) electrons. The van der Waals surface area contributed by atoms with Crippen molar-refractivity contribution >= 4 is 45.7 Å². The van der Waals surface area contributed by atoms with Gasteiger partial charge in [0.1, 0.15) is 11.5 Å². The second kappa shape index (κ2) is 7.76. The number of anilines is 2. The van der Waals surface area contributed by atoms with Crippen LogP contribution in [0.3, 0.4) is 0 Å². The number of thioether (sulfide) groups is 1. The van der Waals surface area contributed by atoms with Gasteiger partial charge in [0.25, 0.3) is 0 Å². The number of hydrogen-bond donors (Lipinski definition) is 2. The summed E-state index contributed by atoms with van der Waals surface area (Å²) < 4.78 is 5.68. The lowest BCUT2D eigenvalue weighted by Gasteiger charge is -2.05. The van der Waals surface area contributed by atoms with Crippen molar-refractivity contribution in [2.45, 2.75) is 11.3 Å². The maximum absolute atomic E-state index is 11.8. The van der Waals surface area contributed by atoms with Crippen LogP contribution >= 0.6 is 23.1 Å². The Morgan fingerprint density at radius 3 is 2.59 bits per heavy atom. The van der Waals surface area contributed by atoms with Crippen LogP contribution in [-0.4, -0.2) is 34.9 Å². The standard InChI is InChI=1S/C13H14N4O3S2/c1-8(18)7-21-13-17-16-12(22-13)15-11(19)14-9-3-5-10(20-2)6-4-9/h3-6H,7H2,1-2H3,(H2,14,15,16,19). The number of aromatic nitrogens is 2. The van der Waals surface area contributed by atoms with Crippen LogP contribution in [0.4, 0.5) is 15.6 Å². The predicted octanol–water partition coefficient (Wildman–Crippen LogP) is 2.87. The molecule has 0 fully saturated rings. The van der Waals surface area contributed by atoms with E-state index >= 15 is 0 Å². The fraction of sp³-hybridized carbons (Fsp3) is 0.231. The highest BCUT2D eigenvalue weighted by Crippen LogP contribution is 2.25. The number of methoxy groups -OCH3 is 1. The van der Waals surface area contributed by atoms with Crippen molar-refractivity contribution in [1.82, 2.24) is 10.2 Å². The molecular weight excluding hydrogens is 324 g/mol. The quantitative estimate of drug-likeness (QED) is 0.621. The Labute approximate surface area is 135 Å². The van der Waals surface area contributed by atoms with Gasteiger partial charge in [-0.3, -0.25) is 10.1 Å². The van der Waals surface area contributed by atoms with E-state index < -0.39 is 6.03 Å². The van der Waals surface area contributed by atoms with Gasteiger partial charge in [0, 0.05) is 5.69 Å². The molecule has 0 unspecified atom stereocenters. The number of rotatable bonds is 6. The highest BCUT2D eigenvalue weighted by molar-refractivity contribution is 8.01. The van der Waals surface area contributed by atoms with Crippen LogP contribution < -0.4 is 15.4 Å². The van der Waals surface area contributed by atoms with E-state index in [-0.39, 0.29) is 5.78 Å². The molecule has 1 aromatic heterocycles. The Balaban J connectivity index is 1.87. The van der Waals surface area contributed by atoms with Crippen LogP contribution in [-0.2, 0) is 4.79 Å². The van der Waals surface area contributed by atoms with E-state index in [1.165, 1.54) is 30.0 Å². The number of carbonyl (C=O) groups is 2. The molecule has 0 aliphatic carbocycles. The third kappa shape index (κ3) is 5.01. The van der Waals surface area contributed by atoms with Crippen LogP contribution in [0.1, 0.15) is 6.92 Å². The van der Waals surface area contributed by atoms with Crippen LogP contribution in [0, 0.1) is 0 Å². The average Bonchev–Trinajstić information content (AvgIpc) is 2.93. The molecule has 1 heterocycles. The second-order valence-corrected chi connectivity index (χ2v) is 6.37. The van der Waals surface area contributed by atoms with Crippen LogP contribution in [0.5, 0.6) is 5.75 Å². The third-order valence-corrected chi connectivity index (χ3v) is 4.49. The number of amides is 2. The van der Waals surface area contributed by atoms with Gasteiger partial charge in [0.2, 0.25) is 5.13 Å². The van der Waals surface area contributed by atoms with Gasteiger partial charge in [-0.1, -0.05) is 23.1 Å². The van der Waals surface area contributed by atoms with Crippen molar-refractivity contribution in [2.24, 2.45) is 0 Å². The summed E-state index contributed by atoms with van der Waals surface area (Å²) in [5, 5.41) is 13.4. The Bertz CT molecular complexity index is 658. The van der Waals surface area contributed by atoms with Crippen LogP contribution in [0.25, 0.3) is 0 Å². The minimum atomic E-state index is -0.413. The molecule has 0 aliphatic heterocycles. The third-order valence-electron chi connectivity index (χ3n) is 2.37. The van der Waals surface area contributed by atoms with Crippen molar-refractivity contribution in [3.05, 3.63) is 24.3 Å². The van der Waals surface area contributed by atoms with E-state index in [2.05, 4.69) is 20.8 Å². The Morgan fingerprint density at radius 1 is 1.23 bits per heavy atom. The lowest BCUT2D eigenvalue weighted by molar-refractivity contribution is -0.114. The summed E-state index contributed by atoms with van der Waals surface area (Å²) in [7, 11) is 1.58. The Kier molecular flexibility index (Phi) is 5.73. The van der Waals surface area contributed by atoms with Crippen molar-refractivity contribution in [3.8, 4) is 5.75 Å². The molecule has 7 nitrogen and oxygen atoms in total. The number of benzene rings is 1. The van der Waals surface area contributed by atoms with E-state index in [9.17, 15) is 9.59 Å². The SMILES string of the molecule is COc1ccc(NC(=O)Nc2nnc(SCC(C)=O)s2)cc1. The zero-order valence-corrected chi connectivity index (χ0v) is 13.6. The number of Topliss-reactive ketones (excluding diaryl/α,β-unsaturated/α-hetero) is 1. The fourth-order valence-corrected chi connectivity index (χ4v) is 2.96. The van der Waals surface area contributed by atoms with Crippen molar-refractivity contribution < 1.29 is 14.3 Å². The second-order valence-electron chi connectivity index (χ2n) is 4.17. The molecule has 1 aromatic carbocycles. The number of carbonyl (C=O) groups excluding carboxylic acids is 2. The zero-order chi connectivity index (χ0) is 15.9. The minimum absolute atomic E-state index is 0.0620. The van der Waals surface area contributed by atoms with Crippen molar-refractivity contribution in [2.75, 3.05) is 23.5 Å². The lowest BCUT2D eigenvalue weighted by Crippen LogP contribution is -2.19. The molecule has 2 N–H and O–H groups in total. The van der Waals surface area contributed by atoms with Gasteiger partial charge in [-0.15, -0.1) is 10.2 Å². The van der Waals surface area contributed by atoms with Gasteiger partial charge in [-0.25, -0.2) is 4.79 Å². The summed E-state index contributed by atoms with van der Waals surface area (Å²) in [6.45, 7) is 1.51. The first kappa shape index (κ1) is 16.2. The molecular formula is C13H14N4O3S2. The van der Waals surface area contributed by atoms with E-state index in [1.54, 1.807) is 31.4 Å². The van der Waals surface area contributed by atoms with E-state index in [4.69, 9.17) is 4.74 Å². The topological polar surface area (TPSA) is 93.2 Å². The number of nitrogens with zero attached hydrogens (tertiary/aromatic N) is 2. The van der Waals surface area contributed by atoms with Crippen molar-refractivity contribution in [3.63, 3.8) is 0 Å². The van der Waals surface area contributed by atoms with E-state index in [0.29, 0.717) is 26.7 Å². The van der Waals surface area contributed by atoms with Gasteiger partial charge >= 0.3 is 6.03 Å². The summed E-state index contributed by atoms with van der Waals surface area (Å²) in [6, 6.07) is 6.54. The van der Waals surface area contributed by atoms with Crippen LogP contribution in [0.2, 0.25) is 0 Å². The first-order chi connectivity index (χ1) is 10.6. The first-order valence-electron chi connectivity index (χ1n) is 6.24. The fourth-order valence-electron chi connectivity index (χ4n) is 1.42. The summed E-state index contributed by atoms with van der Waals surface area (Å²) >= 11 is 2.51. The molecule has 116 valence electrons. The molecule has 2 rings (SSSR count). The van der Waals surface area contributed by atoms with Gasteiger partial charge in [-0.2, -0.15) is 0 Å².